The van der Waals surface area contributed by atoms with Gasteiger partial charge >= 0.3 is 0 Å². The largest absolute Gasteiger partial charge is 0.457 e. The summed E-state index contributed by atoms with van der Waals surface area (Å²) >= 11 is 0. The van der Waals surface area contributed by atoms with Crippen molar-refractivity contribution in [1.29, 1.82) is 5.41 Å². The summed E-state index contributed by atoms with van der Waals surface area (Å²) in [6.07, 6.45) is 6.29. The Kier molecular flexibility index (Phi) is 6.78. The normalized spacial score (nSPS) is 15.5. The lowest BCUT2D eigenvalue weighted by atomic mass is 10.0. The number of carbonyl (C=O) groups is 1. The number of para-hydroxylation sites is 1. The quantitative estimate of drug-likeness (QED) is 0.414. The third kappa shape index (κ3) is 5.26. The van der Waals surface area contributed by atoms with E-state index in [1.807, 2.05) is 55.5 Å². The lowest BCUT2D eigenvalue weighted by Crippen LogP contribution is -2.44. The zero-order valence-corrected chi connectivity index (χ0v) is 18.6. The van der Waals surface area contributed by atoms with Crippen LogP contribution in [-0.2, 0) is 4.79 Å². The van der Waals surface area contributed by atoms with Crippen LogP contribution in [0.15, 0.2) is 73.7 Å². The molecule has 33 heavy (non-hydrogen) atoms. The van der Waals surface area contributed by atoms with Crippen molar-refractivity contribution in [1.82, 2.24) is 14.9 Å². The molecule has 4 rings (SSSR count). The molecule has 1 atom stereocenters. The first-order chi connectivity index (χ1) is 16.0. The Bertz CT molecular complexity index is 1160. The molecule has 2 aromatic carbocycles. The average molecular weight is 442 g/mol. The minimum absolute atomic E-state index is 0.0486. The van der Waals surface area contributed by atoms with E-state index in [-0.39, 0.29) is 11.9 Å². The van der Waals surface area contributed by atoms with E-state index in [9.17, 15) is 4.79 Å². The maximum atomic E-state index is 12.0. The molecule has 0 saturated carbocycles. The minimum Gasteiger partial charge on any atom is -0.457 e. The Balaban J connectivity index is 1.51. The van der Waals surface area contributed by atoms with E-state index in [2.05, 4.69) is 21.9 Å². The summed E-state index contributed by atoms with van der Waals surface area (Å²) in [7, 11) is 0. The molecule has 1 saturated heterocycles. The minimum atomic E-state index is -0.0644. The number of nitrogens with one attached hydrogen (secondary N) is 2. The van der Waals surface area contributed by atoms with Gasteiger partial charge in [-0.05, 0) is 61.7 Å². The number of rotatable bonds is 7. The highest BCUT2D eigenvalue weighted by Crippen LogP contribution is 2.27. The van der Waals surface area contributed by atoms with Gasteiger partial charge in [0.15, 0.2) is 0 Å². The molecule has 0 aliphatic carbocycles. The maximum absolute atomic E-state index is 12.0. The second kappa shape index (κ2) is 10.1. The number of likely N-dealkylation sites (tertiary alicyclic amines) is 1. The number of hydrogen-bond acceptors (Lipinski definition) is 6. The number of piperidine rings is 1. The van der Waals surface area contributed by atoms with Crippen LogP contribution >= 0.6 is 0 Å². The second-order valence-electron chi connectivity index (χ2n) is 8.03. The smallest absolute Gasteiger partial charge is 0.246 e. The first kappa shape index (κ1) is 22.2. The van der Waals surface area contributed by atoms with Crippen LogP contribution in [0.25, 0.3) is 0 Å². The molecule has 7 heteroatoms. The van der Waals surface area contributed by atoms with Gasteiger partial charge in [0, 0.05) is 30.9 Å². The number of carbonyl (C=O) groups excluding carboxylic acids is 1. The number of hydrogen-bond donors (Lipinski definition) is 2. The van der Waals surface area contributed by atoms with Crippen LogP contribution in [0.3, 0.4) is 0 Å². The van der Waals surface area contributed by atoms with E-state index in [4.69, 9.17) is 10.1 Å². The van der Waals surface area contributed by atoms with Crippen molar-refractivity contribution < 1.29 is 9.53 Å². The van der Waals surface area contributed by atoms with Crippen LogP contribution in [0.4, 0.5) is 5.82 Å². The van der Waals surface area contributed by atoms with Gasteiger partial charge < -0.3 is 15.0 Å². The standard InChI is InChI=1S/C26H27N5O2/c1-3-24(32)31-13-7-8-20(16-31)30-26-22(15-28-17-29-26)25(27)19-11-12-23(18(2)14-19)33-21-9-5-4-6-10-21/h3-6,9-12,14-15,17,20,27H,1,7-8,13,16H2,2H3,(H,28,29,30)/t20-/m1/s1. The van der Waals surface area contributed by atoms with Gasteiger partial charge in [0.2, 0.25) is 5.91 Å². The van der Waals surface area contributed by atoms with Crippen LogP contribution in [0.5, 0.6) is 11.5 Å². The molecule has 1 fully saturated rings. The Morgan fingerprint density at radius 1 is 1.27 bits per heavy atom. The highest BCUT2D eigenvalue weighted by molar-refractivity contribution is 6.13. The molecular weight excluding hydrogens is 414 g/mol. The van der Waals surface area contributed by atoms with Gasteiger partial charge in [0.05, 0.1) is 11.3 Å². The Morgan fingerprint density at radius 2 is 2.09 bits per heavy atom. The van der Waals surface area contributed by atoms with Crippen molar-refractivity contribution in [3.8, 4) is 11.5 Å². The fraction of sp³-hybridized carbons (Fsp3) is 0.231. The number of nitrogens with zero attached hydrogens (tertiary/aromatic N) is 3. The molecule has 7 nitrogen and oxygen atoms in total. The predicted molar refractivity (Wildman–Crippen MR) is 129 cm³/mol. The number of amides is 1. The van der Waals surface area contributed by atoms with E-state index >= 15 is 0 Å². The molecule has 3 aromatic rings. The number of aromatic nitrogens is 2. The average Bonchev–Trinajstić information content (AvgIpc) is 2.85. The second-order valence-corrected chi connectivity index (χ2v) is 8.03. The van der Waals surface area contributed by atoms with Crippen LogP contribution in [0.1, 0.15) is 29.5 Å². The predicted octanol–water partition coefficient (Wildman–Crippen LogP) is 4.58. The molecule has 2 N–H and O–H groups in total. The van der Waals surface area contributed by atoms with Crippen LogP contribution in [0.2, 0.25) is 0 Å². The topological polar surface area (TPSA) is 91.2 Å². The van der Waals surface area contributed by atoms with Crippen molar-refractivity contribution in [2.75, 3.05) is 18.4 Å². The SMILES string of the molecule is C=CC(=O)N1CCC[C@@H](Nc2ncncc2C(=N)c2ccc(Oc3ccccc3)c(C)c2)C1. The maximum Gasteiger partial charge on any atom is 0.246 e. The highest BCUT2D eigenvalue weighted by atomic mass is 16.5. The van der Waals surface area contributed by atoms with Gasteiger partial charge in [-0.2, -0.15) is 0 Å². The molecule has 0 radical (unpaired) electrons. The highest BCUT2D eigenvalue weighted by Gasteiger charge is 2.24. The third-order valence-electron chi connectivity index (χ3n) is 5.66. The summed E-state index contributed by atoms with van der Waals surface area (Å²) in [5, 5.41) is 12.2. The third-order valence-corrected chi connectivity index (χ3v) is 5.66. The zero-order chi connectivity index (χ0) is 23.2. The van der Waals surface area contributed by atoms with E-state index in [0.29, 0.717) is 23.6 Å². The molecule has 1 amide bonds. The van der Waals surface area contributed by atoms with Gasteiger partial charge in [-0.1, -0.05) is 24.8 Å². The number of ether oxygens (including phenoxy) is 1. The zero-order valence-electron chi connectivity index (χ0n) is 18.6. The summed E-state index contributed by atoms with van der Waals surface area (Å²) < 4.78 is 5.97. The van der Waals surface area contributed by atoms with Gasteiger partial charge in [0.1, 0.15) is 23.6 Å². The summed E-state index contributed by atoms with van der Waals surface area (Å²) in [6.45, 7) is 6.85. The fourth-order valence-corrected chi connectivity index (χ4v) is 3.94. The molecular formula is C26H27N5O2. The van der Waals surface area contributed by atoms with E-state index < -0.39 is 0 Å². The van der Waals surface area contributed by atoms with E-state index in [1.165, 1.54) is 12.4 Å². The molecule has 0 spiro atoms. The Morgan fingerprint density at radius 3 is 2.85 bits per heavy atom. The van der Waals surface area contributed by atoms with Crippen molar-refractivity contribution in [3.63, 3.8) is 0 Å². The first-order valence-electron chi connectivity index (χ1n) is 11.0. The fourth-order valence-electron chi connectivity index (χ4n) is 3.94. The number of anilines is 1. The van der Waals surface area contributed by atoms with Gasteiger partial charge in [-0.15, -0.1) is 0 Å². The molecule has 1 aromatic heterocycles. The van der Waals surface area contributed by atoms with E-state index in [0.717, 1.165) is 42.0 Å². The molecule has 168 valence electrons. The molecule has 0 bridgehead atoms. The van der Waals surface area contributed by atoms with E-state index in [1.54, 1.807) is 11.1 Å². The number of benzene rings is 2. The first-order valence-corrected chi connectivity index (χ1v) is 11.0. The molecule has 2 heterocycles. The van der Waals surface area contributed by atoms with Gasteiger partial charge in [-0.3, -0.25) is 10.2 Å². The van der Waals surface area contributed by atoms with Crippen molar-refractivity contribution >= 4 is 17.4 Å². The number of aryl methyl sites for hydroxylation is 1. The Hall–Kier alpha value is -4.00. The lowest BCUT2D eigenvalue weighted by molar-refractivity contribution is -0.127. The molecule has 1 aliphatic rings. The summed E-state index contributed by atoms with van der Waals surface area (Å²) in [4.78, 5) is 22.3. The van der Waals surface area contributed by atoms with Crippen LogP contribution < -0.4 is 10.1 Å². The van der Waals surface area contributed by atoms with Gasteiger partial charge in [-0.25, -0.2) is 9.97 Å². The Labute approximate surface area is 193 Å². The summed E-state index contributed by atoms with van der Waals surface area (Å²) in [6, 6.07) is 15.3. The lowest BCUT2D eigenvalue weighted by Gasteiger charge is -2.33. The van der Waals surface area contributed by atoms with Gasteiger partial charge in [0.25, 0.3) is 0 Å². The van der Waals surface area contributed by atoms with Crippen molar-refractivity contribution in [2.45, 2.75) is 25.8 Å². The van der Waals surface area contributed by atoms with Crippen molar-refractivity contribution in [3.05, 3.63) is 90.4 Å². The van der Waals surface area contributed by atoms with Crippen LogP contribution in [0, 0.1) is 12.3 Å². The van der Waals surface area contributed by atoms with Crippen LogP contribution in [-0.4, -0.2) is 45.6 Å². The molecule has 0 unspecified atom stereocenters. The van der Waals surface area contributed by atoms with Crippen molar-refractivity contribution in [2.24, 2.45) is 0 Å². The summed E-state index contributed by atoms with van der Waals surface area (Å²) in [5.74, 6) is 2.04. The summed E-state index contributed by atoms with van der Waals surface area (Å²) in [5.41, 5.74) is 2.61. The molecule has 1 aliphatic heterocycles. The monoisotopic (exact) mass is 441 g/mol.